The molecule has 308 valence electrons. The third kappa shape index (κ3) is 10.4. The van der Waals surface area contributed by atoms with Gasteiger partial charge in [-0.05, 0) is 100 Å². The average molecular weight is 813 g/mol. The van der Waals surface area contributed by atoms with Crippen molar-refractivity contribution in [1.82, 2.24) is 20.4 Å². The number of hydrogen-bond donors (Lipinski definition) is 2. The number of rotatable bonds is 13. The monoisotopic (exact) mass is 812 g/mol. The first-order valence-electron chi connectivity index (χ1n) is 20.9. The van der Waals surface area contributed by atoms with Gasteiger partial charge in [-0.15, -0.1) is 23.5 Å². The molecule has 0 unspecified atom stereocenters. The molecule has 56 heavy (non-hydrogen) atoms. The normalized spacial score (nSPS) is 28.4. The second kappa shape index (κ2) is 20.4. The van der Waals surface area contributed by atoms with E-state index in [1.54, 1.807) is 33.3 Å². The maximum Gasteiger partial charge on any atom is 0.328 e. The molecule has 1 aliphatic carbocycles. The standard InChI is InChI=1S/C42H60N4O8S2/c1-53-41(51)33-15-9-17-35-45(33)39(49)31(21-23-55-35)43-37(47)29(25-27-11-5-3-6-12-27)19-20-30(26-28-13-7-4-8-14-28)38(48)44-32-22-24-56-36-18-10-16-34(42(52)54-2)46(36)40(32)50/h3,5-6,11-12,28-36H,4,7-10,13-26H2,1-2H3,(H,43,47)(H,44,48)/t29-,30-,31+,32+,33+,34+,35+,36+/m1/s1. The van der Waals surface area contributed by atoms with Crippen molar-refractivity contribution in [2.45, 2.75) is 144 Å². The van der Waals surface area contributed by atoms with Crippen molar-refractivity contribution in [3.05, 3.63) is 35.9 Å². The molecule has 0 radical (unpaired) electrons. The molecule has 8 atom stereocenters. The Kier molecular flexibility index (Phi) is 15.5. The number of hydrogen-bond acceptors (Lipinski definition) is 10. The number of piperidine rings is 2. The molecule has 5 fully saturated rings. The number of esters is 2. The Morgan fingerprint density at radius 2 is 1.16 bits per heavy atom. The number of nitrogens with one attached hydrogen (secondary N) is 2. The average Bonchev–Trinajstić information content (AvgIpc) is 3.48. The zero-order valence-corrected chi connectivity index (χ0v) is 34.6. The maximum absolute atomic E-state index is 14.4. The third-order valence-electron chi connectivity index (χ3n) is 12.5. The summed E-state index contributed by atoms with van der Waals surface area (Å²) in [6, 6.07) is 6.97. The number of amides is 4. The van der Waals surface area contributed by atoms with Gasteiger partial charge in [-0.2, -0.15) is 0 Å². The van der Waals surface area contributed by atoms with Crippen LogP contribution in [-0.4, -0.2) is 106 Å². The van der Waals surface area contributed by atoms with Crippen molar-refractivity contribution >= 4 is 59.1 Å². The van der Waals surface area contributed by atoms with Crippen LogP contribution < -0.4 is 10.6 Å². The SMILES string of the molecule is COC(=O)[C@@H]1CCC[C@@H]2SCC[C@H](NC(=O)[C@H](CC[C@H](CC3CCCCC3)C(=O)N[C@H]3CCS[C@H]4CCC[C@@H](C(=O)OC)N4C3=O)Cc3ccccc3)C(=O)N21. The molecular formula is C42H60N4O8S2. The topological polar surface area (TPSA) is 151 Å². The number of thioether (sulfide) groups is 2. The molecule has 4 saturated heterocycles. The van der Waals surface area contributed by atoms with E-state index < -0.39 is 47.9 Å². The Labute approximate surface area is 340 Å². The van der Waals surface area contributed by atoms with E-state index in [1.165, 1.54) is 20.6 Å². The lowest BCUT2D eigenvalue weighted by atomic mass is 9.79. The van der Waals surface area contributed by atoms with Crippen LogP contribution in [0.15, 0.2) is 30.3 Å². The first kappa shape index (κ1) is 42.3. The van der Waals surface area contributed by atoms with Crippen LogP contribution in [-0.2, 0) is 44.7 Å². The number of benzene rings is 1. The number of carbonyl (C=O) groups excluding carboxylic acids is 6. The largest absolute Gasteiger partial charge is 0.467 e. The van der Waals surface area contributed by atoms with E-state index in [0.717, 1.165) is 56.9 Å². The molecule has 4 aliphatic heterocycles. The van der Waals surface area contributed by atoms with Crippen molar-refractivity contribution in [2.24, 2.45) is 17.8 Å². The summed E-state index contributed by atoms with van der Waals surface area (Å²) >= 11 is 3.32. The minimum atomic E-state index is -0.767. The van der Waals surface area contributed by atoms with Crippen LogP contribution in [0.25, 0.3) is 0 Å². The smallest absolute Gasteiger partial charge is 0.328 e. The summed E-state index contributed by atoms with van der Waals surface area (Å²) in [5.74, 6) is -0.896. The summed E-state index contributed by atoms with van der Waals surface area (Å²) in [4.78, 5) is 85.8. The summed E-state index contributed by atoms with van der Waals surface area (Å²) in [5, 5.41) is 6.00. The van der Waals surface area contributed by atoms with Crippen molar-refractivity contribution < 1.29 is 38.2 Å². The lowest BCUT2D eigenvalue weighted by Crippen LogP contribution is -2.58. The van der Waals surface area contributed by atoms with Gasteiger partial charge in [0.15, 0.2) is 0 Å². The van der Waals surface area contributed by atoms with Gasteiger partial charge in [0.2, 0.25) is 23.6 Å². The van der Waals surface area contributed by atoms with Gasteiger partial charge in [-0.3, -0.25) is 19.2 Å². The van der Waals surface area contributed by atoms with E-state index in [1.807, 2.05) is 30.3 Å². The Morgan fingerprint density at radius 1 is 0.661 bits per heavy atom. The molecule has 0 bridgehead atoms. The van der Waals surface area contributed by atoms with E-state index in [0.29, 0.717) is 68.8 Å². The van der Waals surface area contributed by atoms with Crippen LogP contribution >= 0.6 is 23.5 Å². The molecule has 0 spiro atoms. The first-order valence-corrected chi connectivity index (χ1v) is 23.0. The quantitative estimate of drug-likeness (QED) is 0.254. The lowest BCUT2D eigenvalue weighted by molar-refractivity contribution is -0.156. The molecule has 1 aromatic carbocycles. The summed E-state index contributed by atoms with van der Waals surface area (Å²) in [5.41, 5.74) is 0.989. The highest BCUT2D eigenvalue weighted by Crippen LogP contribution is 2.37. The number of methoxy groups -OCH3 is 2. The van der Waals surface area contributed by atoms with E-state index in [4.69, 9.17) is 9.47 Å². The van der Waals surface area contributed by atoms with Gasteiger partial charge in [0.05, 0.1) is 25.0 Å². The predicted molar refractivity (Wildman–Crippen MR) is 216 cm³/mol. The highest BCUT2D eigenvalue weighted by atomic mass is 32.2. The van der Waals surface area contributed by atoms with Crippen LogP contribution in [0.3, 0.4) is 0 Å². The molecule has 2 N–H and O–H groups in total. The zero-order valence-electron chi connectivity index (χ0n) is 33.0. The van der Waals surface area contributed by atoms with Crippen molar-refractivity contribution in [3.8, 4) is 0 Å². The molecule has 4 amide bonds. The fraction of sp³-hybridized carbons (Fsp3) is 0.714. The fourth-order valence-electron chi connectivity index (χ4n) is 9.49. The van der Waals surface area contributed by atoms with Crippen molar-refractivity contribution in [3.63, 3.8) is 0 Å². The Balaban J connectivity index is 1.19. The maximum atomic E-state index is 14.4. The van der Waals surface area contributed by atoms with Gasteiger partial charge in [-0.25, -0.2) is 9.59 Å². The van der Waals surface area contributed by atoms with Crippen LogP contribution in [0.5, 0.6) is 0 Å². The first-order chi connectivity index (χ1) is 27.2. The van der Waals surface area contributed by atoms with Gasteiger partial charge in [0.1, 0.15) is 24.2 Å². The molecule has 1 aromatic rings. The summed E-state index contributed by atoms with van der Waals surface area (Å²) in [6.45, 7) is 0. The molecule has 14 heteroatoms. The van der Waals surface area contributed by atoms with Crippen LogP contribution in [0, 0.1) is 17.8 Å². The van der Waals surface area contributed by atoms with E-state index in [2.05, 4.69) is 10.6 Å². The van der Waals surface area contributed by atoms with Crippen LogP contribution in [0.2, 0.25) is 0 Å². The number of fused-ring (bicyclic) bond motifs is 2. The van der Waals surface area contributed by atoms with E-state index >= 15 is 0 Å². The molecule has 4 heterocycles. The van der Waals surface area contributed by atoms with Gasteiger partial charge >= 0.3 is 11.9 Å². The van der Waals surface area contributed by atoms with Gasteiger partial charge in [-0.1, -0.05) is 62.4 Å². The highest BCUT2D eigenvalue weighted by Gasteiger charge is 2.45. The zero-order chi connectivity index (χ0) is 39.6. The second-order valence-electron chi connectivity index (χ2n) is 16.2. The minimum absolute atomic E-state index is 0.122. The summed E-state index contributed by atoms with van der Waals surface area (Å²) in [6.07, 6.45) is 12.8. The lowest BCUT2D eigenvalue weighted by Gasteiger charge is -2.40. The Morgan fingerprint density at radius 3 is 1.68 bits per heavy atom. The molecule has 1 saturated carbocycles. The molecule has 12 nitrogen and oxygen atoms in total. The van der Waals surface area contributed by atoms with Gasteiger partial charge in [0.25, 0.3) is 0 Å². The third-order valence-corrected chi connectivity index (χ3v) is 15.2. The van der Waals surface area contributed by atoms with Gasteiger partial charge in [0, 0.05) is 11.8 Å². The van der Waals surface area contributed by atoms with Crippen molar-refractivity contribution in [1.29, 1.82) is 0 Å². The van der Waals surface area contributed by atoms with Gasteiger partial charge < -0.3 is 29.9 Å². The molecule has 0 aromatic heterocycles. The number of ether oxygens (including phenoxy) is 2. The summed E-state index contributed by atoms with van der Waals surface area (Å²) < 4.78 is 10.2. The van der Waals surface area contributed by atoms with E-state index in [-0.39, 0.29) is 34.4 Å². The van der Waals surface area contributed by atoms with Crippen LogP contribution in [0.4, 0.5) is 0 Å². The number of carbonyl (C=O) groups is 6. The number of nitrogens with zero attached hydrogens (tertiary/aromatic N) is 2. The molecular weight excluding hydrogens is 753 g/mol. The molecule has 5 aliphatic rings. The van der Waals surface area contributed by atoms with E-state index in [9.17, 15) is 28.8 Å². The fourth-order valence-corrected chi connectivity index (χ4v) is 12.3. The Bertz CT molecular complexity index is 1540. The second-order valence-corrected chi connectivity index (χ2v) is 18.8. The minimum Gasteiger partial charge on any atom is -0.467 e. The summed E-state index contributed by atoms with van der Waals surface area (Å²) in [7, 11) is 2.69. The molecule has 6 rings (SSSR count). The van der Waals surface area contributed by atoms with Crippen LogP contribution in [0.1, 0.15) is 108 Å². The predicted octanol–water partition coefficient (Wildman–Crippen LogP) is 5.22. The Hall–Kier alpha value is -3.26. The highest BCUT2D eigenvalue weighted by molar-refractivity contribution is 8.00. The van der Waals surface area contributed by atoms with Crippen molar-refractivity contribution in [2.75, 3.05) is 25.7 Å².